The van der Waals surface area contributed by atoms with Gasteiger partial charge in [-0.3, -0.25) is 0 Å². The maximum absolute atomic E-state index is 5.85. The van der Waals surface area contributed by atoms with Crippen LogP contribution in [0.15, 0.2) is 11.6 Å². The molecule has 0 radical (unpaired) electrons. The fourth-order valence-corrected chi connectivity index (χ4v) is 1.66. The summed E-state index contributed by atoms with van der Waals surface area (Å²) in [6.45, 7) is 4.63. The summed E-state index contributed by atoms with van der Waals surface area (Å²) in [4.78, 5) is 4.17. The van der Waals surface area contributed by atoms with Gasteiger partial charge in [-0.2, -0.15) is 0 Å². The molecule has 0 aliphatic carbocycles. The van der Waals surface area contributed by atoms with Crippen molar-refractivity contribution < 1.29 is 4.74 Å². The third-order valence-corrected chi connectivity index (χ3v) is 2.37. The molecule has 1 heterocycles. The summed E-state index contributed by atoms with van der Waals surface area (Å²) >= 11 is 1.64. The molecule has 0 aliphatic heterocycles. The molecular weight excluding hydrogens is 184 g/mol. The van der Waals surface area contributed by atoms with E-state index in [1.165, 1.54) is 0 Å². The monoisotopic (exact) mass is 200 g/mol. The summed E-state index contributed by atoms with van der Waals surface area (Å²) in [7, 11) is 0. The van der Waals surface area contributed by atoms with Gasteiger partial charge in [0.2, 0.25) is 0 Å². The first-order valence-electron chi connectivity index (χ1n) is 4.44. The number of hydrogen-bond acceptors (Lipinski definition) is 4. The van der Waals surface area contributed by atoms with Crippen molar-refractivity contribution in [2.24, 2.45) is 5.73 Å². The van der Waals surface area contributed by atoms with E-state index in [1.54, 1.807) is 17.5 Å². The van der Waals surface area contributed by atoms with E-state index in [0.717, 1.165) is 11.4 Å². The van der Waals surface area contributed by atoms with E-state index < -0.39 is 0 Å². The smallest absolute Gasteiger partial charge is 0.0941 e. The van der Waals surface area contributed by atoms with Crippen molar-refractivity contribution in [1.82, 2.24) is 4.98 Å². The van der Waals surface area contributed by atoms with E-state index in [4.69, 9.17) is 10.5 Å². The molecule has 0 amide bonds. The molecule has 1 aromatic rings. The SMILES string of the molecule is CC(C)OCC(N)Cc1nccs1. The van der Waals surface area contributed by atoms with E-state index in [0.29, 0.717) is 6.61 Å². The molecule has 1 rings (SSSR count). The first-order valence-corrected chi connectivity index (χ1v) is 5.32. The van der Waals surface area contributed by atoms with Gasteiger partial charge in [0.15, 0.2) is 0 Å². The molecule has 0 saturated heterocycles. The Kier molecular flexibility index (Phi) is 4.35. The highest BCUT2D eigenvalue weighted by Gasteiger charge is 2.06. The van der Waals surface area contributed by atoms with Crippen LogP contribution in [-0.2, 0) is 11.2 Å². The van der Waals surface area contributed by atoms with Crippen LogP contribution in [0.5, 0.6) is 0 Å². The van der Waals surface area contributed by atoms with Crippen LogP contribution >= 0.6 is 11.3 Å². The maximum Gasteiger partial charge on any atom is 0.0941 e. The third-order valence-electron chi connectivity index (χ3n) is 1.56. The Morgan fingerprint density at radius 2 is 2.38 bits per heavy atom. The van der Waals surface area contributed by atoms with Crippen molar-refractivity contribution in [3.05, 3.63) is 16.6 Å². The topological polar surface area (TPSA) is 48.1 Å². The first-order chi connectivity index (χ1) is 6.18. The first kappa shape index (κ1) is 10.6. The van der Waals surface area contributed by atoms with E-state index in [1.807, 2.05) is 19.2 Å². The molecule has 1 aromatic heterocycles. The quantitative estimate of drug-likeness (QED) is 0.782. The van der Waals surface area contributed by atoms with E-state index in [2.05, 4.69) is 4.98 Å². The van der Waals surface area contributed by atoms with Gasteiger partial charge in [-0.05, 0) is 13.8 Å². The predicted molar refractivity (Wildman–Crippen MR) is 54.9 cm³/mol. The Bertz CT molecular complexity index is 224. The van der Waals surface area contributed by atoms with Crippen LogP contribution in [0.2, 0.25) is 0 Å². The highest BCUT2D eigenvalue weighted by Crippen LogP contribution is 2.06. The number of ether oxygens (including phenoxy) is 1. The minimum absolute atomic E-state index is 0.0635. The minimum Gasteiger partial charge on any atom is -0.377 e. The van der Waals surface area contributed by atoms with Gasteiger partial charge in [-0.25, -0.2) is 4.98 Å². The number of rotatable bonds is 5. The molecule has 0 spiro atoms. The van der Waals surface area contributed by atoms with Gasteiger partial charge in [0, 0.05) is 24.0 Å². The summed E-state index contributed by atoms with van der Waals surface area (Å²) in [5.41, 5.74) is 5.85. The van der Waals surface area contributed by atoms with Gasteiger partial charge in [0.1, 0.15) is 0 Å². The Hall–Kier alpha value is -0.450. The second kappa shape index (κ2) is 5.32. The molecule has 13 heavy (non-hydrogen) atoms. The van der Waals surface area contributed by atoms with Crippen LogP contribution in [0.25, 0.3) is 0 Å². The van der Waals surface area contributed by atoms with E-state index in [9.17, 15) is 0 Å². The second-order valence-electron chi connectivity index (χ2n) is 3.27. The molecule has 0 aliphatic rings. The highest BCUT2D eigenvalue weighted by atomic mass is 32.1. The van der Waals surface area contributed by atoms with Crippen LogP contribution in [0, 0.1) is 0 Å². The molecule has 1 unspecified atom stereocenters. The van der Waals surface area contributed by atoms with Crippen molar-refractivity contribution in [2.45, 2.75) is 32.4 Å². The molecule has 2 N–H and O–H groups in total. The Balaban J connectivity index is 2.22. The summed E-state index contributed by atoms with van der Waals surface area (Å²) in [6, 6.07) is 0.0635. The summed E-state index contributed by atoms with van der Waals surface area (Å²) < 4.78 is 5.40. The van der Waals surface area contributed by atoms with Gasteiger partial charge < -0.3 is 10.5 Å². The normalized spacial score (nSPS) is 13.5. The molecule has 3 nitrogen and oxygen atoms in total. The van der Waals surface area contributed by atoms with Gasteiger partial charge in [-0.1, -0.05) is 0 Å². The lowest BCUT2D eigenvalue weighted by Crippen LogP contribution is -2.29. The van der Waals surface area contributed by atoms with Crippen LogP contribution in [-0.4, -0.2) is 23.7 Å². The molecule has 4 heteroatoms. The minimum atomic E-state index is 0.0635. The number of hydrogen-bond donors (Lipinski definition) is 1. The number of aromatic nitrogens is 1. The lowest BCUT2D eigenvalue weighted by atomic mass is 10.2. The van der Waals surface area contributed by atoms with Gasteiger partial charge in [-0.15, -0.1) is 11.3 Å². The zero-order valence-electron chi connectivity index (χ0n) is 8.06. The van der Waals surface area contributed by atoms with E-state index in [-0.39, 0.29) is 12.1 Å². The molecule has 74 valence electrons. The van der Waals surface area contributed by atoms with Crippen LogP contribution in [0.1, 0.15) is 18.9 Å². The Morgan fingerprint density at radius 1 is 1.62 bits per heavy atom. The zero-order chi connectivity index (χ0) is 9.68. The highest BCUT2D eigenvalue weighted by molar-refractivity contribution is 7.09. The third kappa shape index (κ3) is 4.36. The lowest BCUT2D eigenvalue weighted by Gasteiger charge is -2.12. The molecule has 0 saturated carbocycles. The van der Waals surface area contributed by atoms with Crippen molar-refractivity contribution in [1.29, 1.82) is 0 Å². The summed E-state index contributed by atoms with van der Waals surface area (Å²) in [5, 5.41) is 3.05. The zero-order valence-corrected chi connectivity index (χ0v) is 8.88. The number of nitrogens with two attached hydrogens (primary N) is 1. The van der Waals surface area contributed by atoms with Crippen molar-refractivity contribution in [2.75, 3.05) is 6.61 Å². The number of nitrogens with zero attached hydrogens (tertiary/aromatic N) is 1. The van der Waals surface area contributed by atoms with Gasteiger partial charge in [0.25, 0.3) is 0 Å². The molecular formula is C9H16N2OS. The maximum atomic E-state index is 5.85. The van der Waals surface area contributed by atoms with Crippen LogP contribution < -0.4 is 5.73 Å². The molecule has 0 fully saturated rings. The molecule has 0 bridgehead atoms. The van der Waals surface area contributed by atoms with Gasteiger partial charge >= 0.3 is 0 Å². The van der Waals surface area contributed by atoms with Crippen molar-refractivity contribution >= 4 is 11.3 Å². The average Bonchev–Trinajstić information content (AvgIpc) is 2.53. The van der Waals surface area contributed by atoms with Crippen LogP contribution in [0.3, 0.4) is 0 Å². The van der Waals surface area contributed by atoms with Crippen LogP contribution in [0.4, 0.5) is 0 Å². The van der Waals surface area contributed by atoms with Crippen molar-refractivity contribution in [3.63, 3.8) is 0 Å². The lowest BCUT2D eigenvalue weighted by molar-refractivity contribution is 0.0684. The molecule has 1 atom stereocenters. The van der Waals surface area contributed by atoms with Crippen molar-refractivity contribution in [3.8, 4) is 0 Å². The van der Waals surface area contributed by atoms with Gasteiger partial charge in [0.05, 0.1) is 17.7 Å². The largest absolute Gasteiger partial charge is 0.377 e. The second-order valence-corrected chi connectivity index (χ2v) is 4.25. The number of thiazole rings is 1. The fraction of sp³-hybridized carbons (Fsp3) is 0.667. The Labute approximate surface area is 82.9 Å². The summed E-state index contributed by atoms with van der Waals surface area (Å²) in [5.74, 6) is 0. The predicted octanol–water partition coefficient (Wildman–Crippen LogP) is 1.44. The average molecular weight is 200 g/mol. The summed E-state index contributed by atoms with van der Waals surface area (Å²) in [6.07, 6.45) is 2.86. The fourth-order valence-electron chi connectivity index (χ4n) is 0.953. The standard InChI is InChI=1S/C9H16N2OS/c1-7(2)12-6-8(10)5-9-11-3-4-13-9/h3-4,7-8H,5-6,10H2,1-2H3. The van der Waals surface area contributed by atoms with E-state index >= 15 is 0 Å². The molecule has 0 aromatic carbocycles. The Morgan fingerprint density at radius 3 is 2.92 bits per heavy atom.